The molecule has 0 aliphatic carbocycles. The highest BCUT2D eigenvalue weighted by molar-refractivity contribution is 5.76. The van der Waals surface area contributed by atoms with Crippen LogP contribution >= 0.6 is 0 Å². The minimum Gasteiger partial charge on any atom is -0.381 e. The summed E-state index contributed by atoms with van der Waals surface area (Å²) in [5, 5.41) is 8.07. The summed E-state index contributed by atoms with van der Waals surface area (Å²) in [6.45, 7) is 5.40. The SMILES string of the molecule is CCN=Cc1cn(C[C@@H]2CCOC2)nn1. The molecule has 0 bridgehead atoms. The van der Waals surface area contributed by atoms with Crippen molar-refractivity contribution >= 4 is 6.21 Å². The average Bonchev–Trinajstić information content (AvgIpc) is 2.87. The Morgan fingerprint density at radius 3 is 3.40 bits per heavy atom. The second-order valence-corrected chi connectivity index (χ2v) is 3.72. The molecule has 0 spiro atoms. The molecule has 0 radical (unpaired) electrons. The van der Waals surface area contributed by atoms with Gasteiger partial charge in [0, 0.05) is 25.6 Å². The molecule has 15 heavy (non-hydrogen) atoms. The zero-order valence-electron chi connectivity index (χ0n) is 8.96. The van der Waals surface area contributed by atoms with E-state index in [0.717, 1.165) is 38.4 Å². The Morgan fingerprint density at radius 2 is 2.67 bits per heavy atom. The van der Waals surface area contributed by atoms with Crippen LogP contribution < -0.4 is 0 Å². The third-order valence-electron chi connectivity index (χ3n) is 2.43. The summed E-state index contributed by atoms with van der Waals surface area (Å²) in [6, 6.07) is 0. The van der Waals surface area contributed by atoms with Gasteiger partial charge < -0.3 is 4.74 Å². The van der Waals surface area contributed by atoms with E-state index in [0.29, 0.717) is 5.92 Å². The van der Waals surface area contributed by atoms with Crippen LogP contribution in [0.1, 0.15) is 19.0 Å². The molecule has 0 N–H and O–H groups in total. The predicted octanol–water partition coefficient (Wildman–Crippen LogP) is 0.753. The molecule has 5 nitrogen and oxygen atoms in total. The van der Waals surface area contributed by atoms with Gasteiger partial charge in [-0.1, -0.05) is 5.21 Å². The highest BCUT2D eigenvalue weighted by Gasteiger charge is 2.16. The monoisotopic (exact) mass is 208 g/mol. The zero-order chi connectivity index (χ0) is 10.5. The van der Waals surface area contributed by atoms with Crippen molar-refractivity contribution in [3.8, 4) is 0 Å². The van der Waals surface area contributed by atoms with Gasteiger partial charge >= 0.3 is 0 Å². The summed E-state index contributed by atoms with van der Waals surface area (Å²) in [7, 11) is 0. The number of aromatic nitrogens is 3. The van der Waals surface area contributed by atoms with Crippen LogP contribution in [0.4, 0.5) is 0 Å². The molecule has 1 aliphatic heterocycles. The Kier molecular flexibility index (Phi) is 3.45. The third-order valence-corrected chi connectivity index (χ3v) is 2.43. The third kappa shape index (κ3) is 2.86. The number of rotatable bonds is 4. The van der Waals surface area contributed by atoms with Gasteiger partial charge in [-0.05, 0) is 13.3 Å². The lowest BCUT2D eigenvalue weighted by Crippen LogP contribution is -2.11. The van der Waals surface area contributed by atoms with Crippen molar-refractivity contribution in [2.45, 2.75) is 19.9 Å². The Balaban J connectivity index is 1.91. The number of hydrogen-bond donors (Lipinski definition) is 0. The first-order valence-electron chi connectivity index (χ1n) is 5.36. The molecule has 1 atom stereocenters. The summed E-state index contributed by atoms with van der Waals surface area (Å²) in [5.74, 6) is 0.586. The van der Waals surface area contributed by atoms with Gasteiger partial charge in [-0.25, -0.2) is 0 Å². The van der Waals surface area contributed by atoms with Crippen molar-refractivity contribution < 1.29 is 4.74 Å². The van der Waals surface area contributed by atoms with Gasteiger partial charge in [-0.2, -0.15) is 0 Å². The fraction of sp³-hybridized carbons (Fsp3) is 0.700. The minimum absolute atomic E-state index is 0.586. The number of nitrogens with zero attached hydrogens (tertiary/aromatic N) is 4. The summed E-state index contributed by atoms with van der Waals surface area (Å²) < 4.78 is 7.18. The van der Waals surface area contributed by atoms with Crippen LogP contribution in [0.2, 0.25) is 0 Å². The van der Waals surface area contributed by atoms with E-state index in [1.807, 2.05) is 17.8 Å². The van der Waals surface area contributed by atoms with E-state index in [9.17, 15) is 0 Å². The van der Waals surface area contributed by atoms with Gasteiger partial charge in [-0.3, -0.25) is 9.67 Å². The molecule has 0 unspecified atom stereocenters. The standard InChI is InChI=1S/C10H16N4O/c1-2-11-5-10-7-14(13-12-10)6-9-3-4-15-8-9/h5,7,9H,2-4,6,8H2,1H3/t9-/m0/s1. The molecule has 1 fully saturated rings. The zero-order valence-corrected chi connectivity index (χ0v) is 8.96. The van der Waals surface area contributed by atoms with Gasteiger partial charge in [0.25, 0.3) is 0 Å². The maximum atomic E-state index is 5.31. The molecule has 1 aliphatic rings. The average molecular weight is 208 g/mol. The van der Waals surface area contributed by atoms with E-state index in [1.165, 1.54) is 0 Å². The van der Waals surface area contributed by atoms with Crippen LogP contribution in [0.3, 0.4) is 0 Å². The predicted molar refractivity (Wildman–Crippen MR) is 57.1 cm³/mol. The fourth-order valence-corrected chi connectivity index (χ4v) is 1.64. The first-order valence-corrected chi connectivity index (χ1v) is 5.36. The lowest BCUT2D eigenvalue weighted by Gasteiger charge is -2.05. The number of ether oxygens (including phenoxy) is 1. The number of hydrogen-bond acceptors (Lipinski definition) is 4. The normalized spacial score (nSPS) is 21.5. The highest BCUT2D eigenvalue weighted by atomic mass is 16.5. The van der Waals surface area contributed by atoms with Crippen molar-refractivity contribution in [1.82, 2.24) is 15.0 Å². The quantitative estimate of drug-likeness (QED) is 0.686. The van der Waals surface area contributed by atoms with Gasteiger partial charge in [0.15, 0.2) is 0 Å². The van der Waals surface area contributed by atoms with E-state index in [4.69, 9.17) is 4.74 Å². The minimum atomic E-state index is 0.586. The van der Waals surface area contributed by atoms with E-state index >= 15 is 0 Å². The van der Waals surface area contributed by atoms with Crippen molar-refractivity contribution in [1.29, 1.82) is 0 Å². The molecule has 2 heterocycles. The first-order chi connectivity index (χ1) is 7.38. The van der Waals surface area contributed by atoms with Crippen molar-refractivity contribution in [2.24, 2.45) is 10.9 Å². The Labute approximate surface area is 89.1 Å². The van der Waals surface area contributed by atoms with E-state index in [2.05, 4.69) is 15.3 Å². The highest BCUT2D eigenvalue weighted by Crippen LogP contribution is 2.13. The summed E-state index contributed by atoms with van der Waals surface area (Å²) >= 11 is 0. The first kappa shape index (κ1) is 10.3. The molecule has 1 saturated heterocycles. The molecule has 2 rings (SSSR count). The van der Waals surface area contributed by atoms with Gasteiger partial charge in [0.05, 0.1) is 19.0 Å². The molecule has 0 amide bonds. The Hall–Kier alpha value is -1.23. The summed E-state index contributed by atoms with van der Waals surface area (Å²) in [4.78, 5) is 4.12. The van der Waals surface area contributed by atoms with Gasteiger partial charge in [0.2, 0.25) is 0 Å². The maximum Gasteiger partial charge on any atom is 0.123 e. The van der Waals surface area contributed by atoms with Crippen molar-refractivity contribution in [3.05, 3.63) is 11.9 Å². The van der Waals surface area contributed by atoms with E-state index in [-0.39, 0.29) is 0 Å². The summed E-state index contributed by atoms with van der Waals surface area (Å²) in [5.41, 5.74) is 0.829. The molecular formula is C10H16N4O. The second kappa shape index (κ2) is 5.02. The lowest BCUT2D eigenvalue weighted by molar-refractivity contribution is 0.181. The smallest absolute Gasteiger partial charge is 0.123 e. The molecule has 1 aromatic rings. The molecule has 82 valence electrons. The van der Waals surface area contributed by atoms with Crippen molar-refractivity contribution in [3.63, 3.8) is 0 Å². The van der Waals surface area contributed by atoms with E-state index in [1.54, 1.807) is 6.21 Å². The molecule has 0 saturated carbocycles. The largest absolute Gasteiger partial charge is 0.381 e. The van der Waals surface area contributed by atoms with Crippen LogP contribution in [0.5, 0.6) is 0 Å². The Bertz CT molecular complexity index is 328. The fourth-order valence-electron chi connectivity index (χ4n) is 1.64. The molecule has 0 aromatic carbocycles. The Morgan fingerprint density at radius 1 is 1.73 bits per heavy atom. The van der Waals surface area contributed by atoms with Crippen LogP contribution in [0.15, 0.2) is 11.2 Å². The van der Waals surface area contributed by atoms with Crippen molar-refractivity contribution in [2.75, 3.05) is 19.8 Å². The second-order valence-electron chi connectivity index (χ2n) is 3.72. The van der Waals surface area contributed by atoms with Crippen LogP contribution in [0, 0.1) is 5.92 Å². The lowest BCUT2D eigenvalue weighted by atomic mass is 10.1. The topological polar surface area (TPSA) is 52.3 Å². The van der Waals surface area contributed by atoms with Gasteiger partial charge in [-0.15, -0.1) is 5.10 Å². The number of aliphatic imine (C=N–C) groups is 1. The molecular weight excluding hydrogens is 192 g/mol. The molecule has 1 aromatic heterocycles. The van der Waals surface area contributed by atoms with Crippen LogP contribution in [-0.2, 0) is 11.3 Å². The van der Waals surface area contributed by atoms with E-state index < -0.39 is 0 Å². The van der Waals surface area contributed by atoms with Gasteiger partial charge in [0.1, 0.15) is 5.69 Å². The summed E-state index contributed by atoms with van der Waals surface area (Å²) in [6.07, 6.45) is 4.81. The van der Waals surface area contributed by atoms with Crippen LogP contribution in [0.25, 0.3) is 0 Å². The molecule has 5 heteroatoms. The maximum absolute atomic E-state index is 5.31. The van der Waals surface area contributed by atoms with Crippen LogP contribution in [-0.4, -0.2) is 41.0 Å².